The third-order valence-corrected chi connectivity index (χ3v) is 2.41. The summed E-state index contributed by atoms with van der Waals surface area (Å²) in [7, 11) is 2.25. The van der Waals surface area contributed by atoms with Gasteiger partial charge in [0.2, 0.25) is 0 Å². The van der Waals surface area contributed by atoms with Gasteiger partial charge in [-0.15, -0.1) is 0 Å². The Balaban J connectivity index is 0.000001000. The molecule has 0 aromatic rings. The maximum atomic E-state index is 2.50. The van der Waals surface area contributed by atoms with Gasteiger partial charge >= 0.3 is 0 Å². The molecule has 0 spiro atoms. The van der Waals surface area contributed by atoms with Gasteiger partial charge in [-0.05, 0) is 38.8 Å². The Hall–Kier alpha value is -0.0400. The van der Waals surface area contributed by atoms with Gasteiger partial charge in [0.05, 0.1) is 0 Å². The highest BCUT2D eigenvalue weighted by molar-refractivity contribution is 4.76. The van der Waals surface area contributed by atoms with Crippen molar-refractivity contribution in [3.05, 3.63) is 0 Å². The van der Waals surface area contributed by atoms with Crippen molar-refractivity contribution in [1.29, 1.82) is 0 Å². The lowest BCUT2D eigenvalue weighted by Crippen LogP contribution is -2.25. The third kappa shape index (κ3) is 3.24. The molecule has 1 atom stereocenters. The van der Waals surface area contributed by atoms with Crippen LogP contribution in [0, 0.1) is 5.92 Å². The van der Waals surface area contributed by atoms with Crippen LogP contribution in [0.2, 0.25) is 0 Å². The van der Waals surface area contributed by atoms with E-state index in [2.05, 4.69) is 25.8 Å². The molecule has 1 heterocycles. The number of hydrogen-bond acceptors (Lipinski definition) is 1. The van der Waals surface area contributed by atoms with E-state index in [0.29, 0.717) is 0 Å². The first-order chi connectivity index (χ1) is 4.70. The molecule has 1 rings (SSSR count). The van der Waals surface area contributed by atoms with Crippen molar-refractivity contribution in [1.82, 2.24) is 4.90 Å². The molecule has 0 bridgehead atoms. The van der Waals surface area contributed by atoms with Gasteiger partial charge < -0.3 is 4.90 Å². The molecule has 1 heteroatoms. The summed E-state index contributed by atoms with van der Waals surface area (Å²) in [5.41, 5.74) is 0. The largest absolute Gasteiger partial charge is 0.303 e. The van der Waals surface area contributed by atoms with E-state index in [9.17, 15) is 0 Å². The predicted molar refractivity (Wildman–Crippen MR) is 51.8 cm³/mol. The fraction of sp³-hybridized carbons (Fsp3) is 1.00. The molecule has 0 aromatic carbocycles. The van der Waals surface area contributed by atoms with Crippen LogP contribution >= 0.6 is 0 Å². The van der Waals surface area contributed by atoms with Crippen LogP contribution in [0.4, 0.5) is 0 Å². The maximum absolute atomic E-state index is 2.50. The number of nitrogens with zero attached hydrogens (tertiary/aromatic N) is 1. The number of rotatable bonds is 2. The zero-order chi connectivity index (χ0) is 7.56. The Morgan fingerprint density at radius 2 is 2.09 bits per heavy atom. The second kappa shape index (κ2) is 4.76. The molecule has 0 saturated carbocycles. The summed E-state index contributed by atoms with van der Waals surface area (Å²) in [5.74, 6) is 0.866. The van der Waals surface area contributed by atoms with E-state index in [0.717, 1.165) is 12.0 Å². The van der Waals surface area contributed by atoms with Crippen molar-refractivity contribution >= 4 is 0 Å². The Morgan fingerprint density at radius 1 is 1.45 bits per heavy atom. The van der Waals surface area contributed by atoms with E-state index in [1.165, 1.54) is 25.8 Å². The standard InChI is InChI=1S/C9H19N.CH4/c1-8(2)7-9-5-4-6-10(9)3;/h8-9H,4-7H2,1-3H3;1H4. The SMILES string of the molecule is C.CC(C)CC1CCCN1C. The zero-order valence-corrected chi connectivity index (χ0v) is 7.43. The molecular formula is C10H23N. The Bertz CT molecular complexity index is 99.0. The molecule has 1 nitrogen and oxygen atoms in total. The molecular weight excluding hydrogens is 134 g/mol. The fourth-order valence-electron chi connectivity index (χ4n) is 1.82. The number of likely N-dealkylation sites (tertiary alicyclic amines) is 1. The lowest BCUT2D eigenvalue weighted by molar-refractivity contribution is 0.272. The maximum Gasteiger partial charge on any atom is 0.00951 e. The molecule has 0 N–H and O–H groups in total. The lowest BCUT2D eigenvalue weighted by Gasteiger charge is -2.20. The van der Waals surface area contributed by atoms with Crippen LogP contribution in [-0.2, 0) is 0 Å². The Labute approximate surface area is 71.8 Å². The zero-order valence-electron chi connectivity index (χ0n) is 7.43. The van der Waals surface area contributed by atoms with Crippen LogP contribution in [0.5, 0.6) is 0 Å². The van der Waals surface area contributed by atoms with Gasteiger partial charge in [-0.3, -0.25) is 0 Å². The topological polar surface area (TPSA) is 3.24 Å². The monoisotopic (exact) mass is 157 g/mol. The van der Waals surface area contributed by atoms with E-state index >= 15 is 0 Å². The highest BCUT2D eigenvalue weighted by atomic mass is 15.1. The van der Waals surface area contributed by atoms with Crippen LogP contribution in [0.15, 0.2) is 0 Å². The van der Waals surface area contributed by atoms with Gasteiger partial charge in [0.1, 0.15) is 0 Å². The first-order valence-electron chi connectivity index (χ1n) is 4.40. The summed E-state index contributed by atoms with van der Waals surface area (Å²) >= 11 is 0. The van der Waals surface area contributed by atoms with Crippen LogP contribution in [0.1, 0.15) is 40.5 Å². The minimum atomic E-state index is 0. The van der Waals surface area contributed by atoms with Gasteiger partial charge in [0.25, 0.3) is 0 Å². The first kappa shape index (κ1) is 11.0. The van der Waals surface area contributed by atoms with Crippen molar-refractivity contribution in [2.24, 2.45) is 5.92 Å². The van der Waals surface area contributed by atoms with Crippen LogP contribution < -0.4 is 0 Å². The molecule has 1 saturated heterocycles. The minimum Gasteiger partial charge on any atom is -0.303 e. The number of hydrogen-bond donors (Lipinski definition) is 0. The summed E-state index contributed by atoms with van der Waals surface area (Å²) in [4.78, 5) is 2.50. The summed E-state index contributed by atoms with van der Waals surface area (Å²) in [5, 5.41) is 0. The Kier molecular flexibility index (Phi) is 4.74. The van der Waals surface area contributed by atoms with Crippen molar-refractivity contribution in [3.63, 3.8) is 0 Å². The van der Waals surface area contributed by atoms with Gasteiger partial charge in [-0.2, -0.15) is 0 Å². The van der Waals surface area contributed by atoms with E-state index in [-0.39, 0.29) is 7.43 Å². The second-order valence-corrected chi connectivity index (χ2v) is 3.91. The van der Waals surface area contributed by atoms with E-state index < -0.39 is 0 Å². The molecule has 1 fully saturated rings. The molecule has 1 unspecified atom stereocenters. The first-order valence-corrected chi connectivity index (χ1v) is 4.40. The van der Waals surface area contributed by atoms with Gasteiger partial charge in [0.15, 0.2) is 0 Å². The summed E-state index contributed by atoms with van der Waals surface area (Å²) < 4.78 is 0. The molecule has 0 aliphatic carbocycles. The highest BCUT2D eigenvalue weighted by Gasteiger charge is 2.20. The van der Waals surface area contributed by atoms with Gasteiger partial charge in [-0.25, -0.2) is 0 Å². The fourth-order valence-corrected chi connectivity index (χ4v) is 1.82. The molecule has 0 aromatic heterocycles. The molecule has 11 heavy (non-hydrogen) atoms. The molecule has 0 amide bonds. The third-order valence-electron chi connectivity index (χ3n) is 2.41. The lowest BCUT2D eigenvalue weighted by atomic mass is 10.0. The quantitative estimate of drug-likeness (QED) is 0.596. The van der Waals surface area contributed by atoms with Crippen LogP contribution in [0.3, 0.4) is 0 Å². The van der Waals surface area contributed by atoms with Crippen LogP contribution in [0.25, 0.3) is 0 Å². The highest BCUT2D eigenvalue weighted by Crippen LogP contribution is 2.20. The molecule has 0 radical (unpaired) electrons. The molecule has 1 aliphatic rings. The minimum absolute atomic E-state index is 0. The average Bonchev–Trinajstić information content (AvgIpc) is 2.15. The van der Waals surface area contributed by atoms with Gasteiger partial charge in [-0.1, -0.05) is 21.3 Å². The van der Waals surface area contributed by atoms with Crippen molar-refractivity contribution in [3.8, 4) is 0 Å². The van der Waals surface area contributed by atoms with Crippen LogP contribution in [-0.4, -0.2) is 24.5 Å². The van der Waals surface area contributed by atoms with E-state index in [1.807, 2.05) is 0 Å². The normalized spacial score (nSPS) is 25.6. The Morgan fingerprint density at radius 3 is 2.45 bits per heavy atom. The van der Waals surface area contributed by atoms with Crippen molar-refractivity contribution in [2.75, 3.05) is 13.6 Å². The van der Waals surface area contributed by atoms with E-state index in [1.54, 1.807) is 0 Å². The predicted octanol–water partition coefficient (Wildman–Crippen LogP) is 2.76. The van der Waals surface area contributed by atoms with E-state index in [4.69, 9.17) is 0 Å². The summed E-state index contributed by atoms with van der Waals surface area (Å²) in [6, 6.07) is 0.889. The molecule has 68 valence electrons. The summed E-state index contributed by atoms with van der Waals surface area (Å²) in [6.07, 6.45) is 4.22. The molecule has 1 aliphatic heterocycles. The smallest absolute Gasteiger partial charge is 0.00951 e. The van der Waals surface area contributed by atoms with Crippen molar-refractivity contribution in [2.45, 2.75) is 46.6 Å². The van der Waals surface area contributed by atoms with Gasteiger partial charge in [0, 0.05) is 6.04 Å². The average molecular weight is 157 g/mol. The van der Waals surface area contributed by atoms with Crippen molar-refractivity contribution < 1.29 is 0 Å². The second-order valence-electron chi connectivity index (χ2n) is 3.91. The summed E-state index contributed by atoms with van der Waals surface area (Å²) in [6.45, 7) is 5.94.